The summed E-state index contributed by atoms with van der Waals surface area (Å²) >= 11 is 3.35. The minimum Gasteiger partial charge on any atom is -0.484 e. The van der Waals surface area contributed by atoms with Crippen LogP contribution in [0.1, 0.15) is 22.2 Å². The van der Waals surface area contributed by atoms with Gasteiger partial charge in [-0.2, -0.15) is 0 Å². The minimum atomic E-state index is -0.182. The van der Waals surface area contributed by atoms with Crippen molar-refractivity contribution in [3.05, 3.63) is 76.5 Å². The molecule has 150 valence electrons. The third-order valence-electron chi connectivity index (χ3n) is 3.92. The van der Waals surface area contributed by atoms with Gasteiger partial charge >= 0.3 is 0 Å². The van der Waals surface area contributed by atoms with E-state index in [1.54, 1.807) is 47.4 Å². The van der Waals surface area contributed by atoms with Gasteiger partial charge in [0.25, 0.3) is 11.8 Å². The van der Waals surface area contributed by atoms with Crippen molar-refractivity contribution >= 4 is 40.6 Å². The van der Waals surface area contributed by atoms with E-state index in [1.165, 1.54) is 4.88 Å². The standard InChI is InChI=1S/C22H22N2O3S2/c1-2-23-21(25)14-27-17-8-5-7-16(13-17)24-22(26)19-10-3-4-11-20(19)29-15-18-9-6-12-28-18/h3-13H,2,14-15H2,1H3,(H,23,25)(H,24,26). The Morgan fingerprint density at radius 3 is 2.72 bits per heavy atom. The number of likely N-dealkylation sites (N-methyl/N-ethyl adjacent to an activating group) is 1. The SMILES string of the molecule is CCNC(=O)COc1cccc(NC(=O)c2ccccc2SCc2cccs2)c1. The molecule has 0 aliphatic carbocycles. The van der Waals surface area contributed by atoms with E-state index in [9.17, 15) is 9.59 Å². The minimum absolute atomic E-state index is 0.0621. The molecule has 2 N–H and O–H groups in total. The number of amides is 2. The number of ether oxygens (including phenoxy) is 1. The molecule has 3 rings (SSSR count). The number of nitrogens with one attached hydrogen (secondary N) is 2. The summed E-state index contributed by atoms with van der Waals surface area (Å²) in [5.41, 5.74) is 1.24. The van der Waals surface area contributed by atoms with Crippen LogP contribution in [-0.2, 0) is 10.5 Å². The molecule has 0 spiro atoms. The summed E-state index contributed by atoms with van der Waals surface area (Å²) in [4.78, 5) is 26.6. The van der Waals surface area contributed by atoms with Gasteiger partial charge in [-0.25, -0.2) is 0 Å². The first-order valence-electron chi connectivity index (χ1n) is 9.21. The fraction of sp³-hybridized carbons (Fsp3) is 0.182. The second kappa shape index (κ2) is 10.7. The predicted octanol–water partition coefficient (Wildman–Crippen LogP) is 4.81. The molecule has 1 aromatic heterocycles. The molecular weight excluding hydrogens is 404 g/mol. The number of thiophene rings is 1. The lowest BCUT2D eigenvalue weighted by molar-refractivity contribution is -0.122. The molecule has 29 heavy (non-hydrogen) atoms. The summed E-state index contributed by atoms with van der Waals surface area (Å²) in [5, 5.41) is 7.64. The number of benzene rings is 2. The zero-order valence-electron chi connectivity index (χ0n) is 16.0. The van der Waals surface area contributed by atoms with Crippen LogP contribution in [-0.4, -0.2) is 25.0 Å². The molecule has 5 nitrogen and oxygen atoms in total. The molecule has 0 saturated heterocycles. The van der Waals surface area contributed by atoms with E-state index in [0.717, 1.165) is 10.6 Å². The number of hydrogen-bond donors (Lipinski definition) is 2. The van der Waals surface area contributed by atoms with Gasteiger partial charge in [-0.15, -0.1) is 23.1 Å². The Bertz CT molecular complexity index is 958. The van der Waals surface area contributed by atoms with Crippen LogP contribution in [0.25, 0.3) is 0 Å². The molecule has 0 unspecified atom stereocenters. The highest BCUT2D eigenvalue weighted by Gasteiger charge is 2.12. The van der Waals surface area contributed by atoms with Gasteiger partial charge in [0.1, 0.15) is 5.75 Å². The molecular formula is C22H22N2O3S2. The van der Waals surface area contributed by atoms with E-state index in [-0.39, 0.29) is 18.4 Å². The van der Waals surface area contributed by atoms with E-state index in [4.69, 9.17) is 4.74 Å². The van der Waals surface area contributed by atoms with Crippen molar-refractivity contribution < 1.29 is 14.3 Å². The number of anilines is 1. The molecule has 0 saturated carbocycles. The van der Waals surface area contributed by atoms with Crippen molar-refractivity contribution in [3.8, 4) is 5.75 Å². The number of carbonyl (C=O) groups is 2. The van der Waals surface area contributed by atoms with Gasteiger partial charge in [-0.3, -0.25) is 9.59 Å². The Labute approximate surface area is 178 Å². The Balaban J connectivity index is 1.64. The molecule has 1 heterocycles. The van der Waals surface area contributed by atoms with Crippen molar-refractivity contribution in [2.24, 2.45) is 0 Å². The van der Waals surface area contributed by atoms with Gasteiger partial charge in [-0.1, -0.05) is 24.3 Å². The molecule has 0 fully saturated rings. The maximum Gasteiger partial charge on any atom is 0.257 e. The first kappa shape index (κ1) is 21.0. The van der Waals surface area contributed by atoms with E-state index in [0.29, 0.717) is 23.5 Å². The van der Waals surface area contributed by atoms with Crippen LogP contribution in [0.4, 0.5) is 5.69 Å². The third-order valence-corrected chi connectivity index (χ3v) is 6.10. The van der Waals surface area contributed by atoms with Crippen molar-refractivity contribution in [2.45, 2.75) is 17.6 Å². The van der Waals surface area contributed by atoms with Gasteiger partial charge in [-0.05, 0) is 42.6 Å². The Hall–Kier alpha value is -2.77. The van der Waals surface area contributed by atoms with Crippen LogP contribution >= 0.6 is 23.1 Å². The first-order valence-corrected chi connectivity index (χ1v) is 11.1. The normalized spacial score (nSPS) is 10.4. The van der Waals surface area contributed by atoms with Crippen LogP contribution in [0.15, 0.2) is 70.9 Å². The van der Waals surface area contributed by atoms with Crippen molar-refractivity contribution in [2.75, 3.05) is 18.5 Å². The monoisotopic (exact) mass is 426 g/mol. The molecule has 2 amide bonds. The van der Waals surface area contributed by atoms with Crippen LogP contribution in [0.5, 0.6) is 5.75 Å². The van der Waals surface area contributed by atoms with Gasteiger partial charge in [0.2, 0.25) is 0 Å². The Morgan fingerprint density at radius 2 is 1.93 bits per heavy atom. The van der Waals surface area contributed by atoms with Crippen LogP contribution in [0.3, 0.4) is 0 Å². The number of rotatable bonds is 9. The second-order valence-electron chi connectivity index (χ2n) is 6.09. The quantitative estimate of drug-likeness (QED) is 0.482. The molecule has 0 bridgehead atoms. The van der Waals surface area contributed by atoms with Crippen molar-refractivity contribution in [3.63, 3.8) is 0 Å². The average molecular weight is 427 g/mol. The number of hydrogen-bond acceptors (Lipinski definition) is 5. The highest BCUT2D eigenvalue weighted by Crippen LogP contribution is 2.28. The Morgan fingerprint density at radius 1 is 1.07 bits per heavy atom. The topological polar surface area (TPSA) is 67.4 Å². The fourth-order valence-corrected chi connectivity index (χ4v) is 4.41. The maximum atomic E-state index is 12.8. The number of thioether (sulfide) groups is 1. The molecule has 3 aromatic rings. The van der Waals surface area contributed by atoms with Gasteiger partial charge in [0, 0.05) is 33.8 Å². The third kappa shape index (κ3) is 6.37. The first-order chi connectivity index (χ1) is 14.2. The maximum absolute atomic E-state index is 12.8. The van der Waals surface area contributed by atoms with E-state index in [1.807, 2.05) is 37.3 Å². The van der Waals surface area contributed by atoms with Gasteiger partial charge in [0.05, 0.1) is 5.56 Å². The van der Waals surface area contributed by atoms with E-state index in [2.05, 4.69) is 22.1 Å². The summed E-state index contributed by atoms with van der Waals surface area (Å²) in [6.45, 7) is 2.35. The molecule has 0 radical (unpaired) electrons. The van der Waals surface area contributed by atoms with Crippen LogP contribution in [0, 0.1) is 0 Å². The molecule has 7 heteroatoms. The lowest BCUT2D eigenvalue weighted by atomic mass is 10.2. The van der Waals surface area contributed by atoms with Crippen LogP contribution < -0.4 is 15.4 Å². The molecule has 0 aliphatic heterocycles. The molecule has 2 aromatic carbocycles. The lowest BCUT2D eigenvalue weighted by Gasteiger charge is -2.11. The van der Waals surface area contributed by atoms with Crippen molar-refractivity contribution in [1.29, 1.82) is 0 Å². The van der Waals surface area contributed by atoms with Gasteiger partial charge < -0.3 is 15.4 Å². The highest BCUT2D eigenvalue weighted by atomic mass is 32.2. The van der Waals surface area contributed by atoms with E-state index >= 15 is 0 Å². The predicted molar refractivity (Wildman–Crippen MR) is 119 cm³/mol. The highest BCUT2D eigenvalue weighted by molar-refractivity contribution is 7.98. The van der Waals surface area contributed by atoms with E-state index < -0.39 is 0 Å². The second-order valence-corrected chi connectivity index (χ2v) is 8.14. The Kier molecular flexibility index (Phi) is 7.72. The summed E-state index contributed by atoms with van der Waals surface area (Å²) in [6.07, 6.45) is 0. The summed E-state index contributed by atoms with van der Waals surface area (Å²) in [6, 6.07) is 18.7. The fourth-order valence-electron chi connectivity index (χ4n) is 2.58. The smallest absolute Gasteiger partial charge is 0.257 e. The largest absolute Gasteiger partial charge is 0.484 e. The average Bonchev–Trinajstić information content (AvgIpc) is 3.25. The molecule has 0 aliphatic rings. The number of carbonyl (C=O) groups excluding carboxylic acids is 2. The molecule has 0 atom stereocenters. The van der Waals surface area contributed by atoms with Gasteiger partial charge in [0.15, 0.2) is 6.61 Å². The summed E-state index contributed by atoms with van der Waals surface area (Å²) in [5.74, 6) is 0.985. The summed E-state index contributed by atoms with van der Waals surface area (Å²) in [7, 11) is 0. The summed E-state index contributed by atoms with van der Waals surface area (Å²) < 4.78 is 5.49. The van der Waals surface area contributed by atoms with Crippen molar-refractivity contribution in [1.82, 2.24) is 5.32 Å². The zero-order chi connectivity index (χ0) is 20.5. The van der Waals surface area contributed by atoms with Crippen LogP contribution in [0.2, 0.25) is 0 Å². The lowest BCUT2D eigenvalue weighted by Crippen LogP contribution is -2.28. The zero-order valence-corrected chi connectivity index (χ0v) is 17.6.